The minimum absolute atomic E-state index is 0.0558. The molecule has 0 aliphatic heterocycles. The Morgan fingerprint density at radius 2 is 2.19 bits per heavy atom. The predicted molar refractivity (Wildman–Crippen MR) is 60.9 cm³/mol. The smallest absolute Gasteiger partial charge is 0.281 e. The van der Waals surface area contributed by atoms with Crippen LogP contribution in [0.1, 0.15) is 33.1 Å². The molecule has 5 heteroatoms. The molecule has 0 fully saturated rings. The number of allylic oxidation sites excluding steroid dienone is 2. The molecule has 0 spiro atoms. The molecule has 0 aromatic carbocycles. The van der Waals surface area contributed by atoms with Crippen molar-refractivity contribution in [2.75, 3.05) is 6.61 Å². The second kappa shape index (κ2) is 7.33. The van der Waals surface area contributed by atoms with Gasteiger partial charge >= 0.3 is 0 Å². The molecule has 1 atom stereocenters. The lowest BCUT2D eigenvalue weighted by atomic mass is 10.2. The summed E-state index contributed by atoms with van der Waals surface area (Å²) in [6, 6.07) is 0.0558. The second-order valence-corrected chi connectivity index (χ2v) is 3.80. The van der Waals surface area contributed by atoms with Crippen molar-refractivity contribution in [1.82, 2.24) is 0 Å². The number of nitrogens with two attached hydrogens (primary N) is 1. The highest BCUT2D eigenvalue weighted by atomic mass is 19.3. The van der Waals surface area contributed by atoms with Crippen molar-refractivity contribution in [2.24, 2.45) is 5.73 Å². The van der Waals surface area contributed by atoms with Crippen LogP contribution in [0.2, 0.25) is 0 Å². The first-order chi connectivity index (χ1) is 7.41. The van der Waals surface area contributed by atoms with E-state index in [0.29, 0.717) is 6.42 Å². The highest BCUT2D eigenvalue weighted by Crippen LogP contribution is 2.19. The number of halogens is 2. The van der Waals surface area contributed by atoms with Crippen molar-refractivity contribution in [3.63, 3.8) is 0 Å². The van der Waals surface area contributed by atoms with Gasteiger partial charge in [0.05, 0.1) is 6.21 Å². The van der Waals surface area contributed by atoms with Gasteiger partial charge in [0, 0.05) is 12.5 Å². The Balaban J connectivity index is 4.05. The molecule has 0 aliphatic carbocycles. The van der Waals surface area contributed by atoms with Gasteiger partial charge in [-0.25, -0.2) is 8.78 Å². The van der Waals surface area contributed by atoms with E-state index in [4.69, 9.17) is 15.9 Å². The average molecular weight is 234 g/mol. The first-order valence-corrected chi connectivity index (χ1v) is 5.38. The van der Waals surface area contributed by atoms with Crippen LogP contribution in [0.4, 0.5) is 8.78 Å². The molecule has 0 rings (SSSR count). The number of alkyl halides is 2. The number of hydrogen-bond donors (Lipinski definition) is 2. The first kappa shape index (κ1) is 15.0. The molecule has 3 nitrogen and oxygen atoms in total. The summed E-state index contributed by atoms with van der Waals surface area (Å²) in [6.07, 6.45) is 3.65. The monoisotopic (exact) mass is 234 g/mol. The number of nitrogens with one attached hydrogen (secondary N) is 1. The van der Waals surface area contributed by atoms with Gasteiger partial charge in [-0.2, -0.15) is 0 Å². The summed E-state index contributed by atoms with van der Waals surface area (Å²) >= 11 is 0. The van der Waals surface area contributed by atoms with Crippen molar-refractivity contribution in [3.05, 3.63) is 11.8 Å². The maximum Gasteiger partial charge on any atom is 0.281 e. The molecule has 0 aromatic heterocycles. The summed E-state index contributed by atoms with van der Waals surface area (Å²) < 4.78 is 30.6. The summed E-state index contributed by atoms with van der Waals surface area (Å²) in [5.41, 5.74) is 5.54. The van der Waals surface area contributed by atoms with Crippen molar-refractivity contribution in [1.29, 1.82) is 5.41 Å². The molecule has 0 bridgehead atoms. The highest BCUT2D eigenvalue weighted by molar-refractivity contribution is 5.72. The van der Waals surface area contributed by atoms with Crippen molar-refractivity contribution < 1.29 is 13.5 Å². The lowest BCUT2D eigenvalue weighted by Crippen LogP contribution is -2.22. The van der Waals surface area contributed by atoms with Crippen molar-refractivity contribution in [2.45, 2.75) is 45.1 Å². The third kappa shape index (κ3) is 7.34. The first-order valence-electron chi connectivity index (χ1n) is 5.38. The van der Waals surface area contributed by atoms with Crippen LogP contribution in [0.5, 0.6) is 0 Å². The van der Waals surface area contributed by atoms with Gasteiger partial charge in [0.15, 0.2) is 6.61 Å². The zero-order chi connectivity index (χ0) is 12.6. The zero-order valence-corrected chi connectivity index (χ0v) is 9.80. The molecular weight excluding hydrogens is 214 g/mol. The molecule has 0 radical (unpaired) electrons. The van der Waals surface area contributed by atoms with E-state index in [1.807, 2.05) is 6.92 Å². The maximum absolute atomic E-state index is 12.9. The predicted octanol–water partition coefficient (Wildman–Crippen LogP) is 2.71. The van der Waals surface area contributed by atoms with Crippen LogP contribution in [-0.4, -0.2) is 24.8 Å². The normalized spacial score (nSPS) is 14.7. The third-order valence-electron chi connectivity index (χ3n) is 2.08. The fourth-order valence-electron chi connectivity index (χ4n) is 0.939. The van der Waals surface area contributed by atoms with E-state index >= 15 is 0 Å². The Labute approximate surface area is 95.2 Å². The van der Waals surface area contributed by atoms with Crippen LogP contribution in [0.3, 0.4) is 0 Å². The maximum atomic E-state index is 12.9. The Kier molecular flexibility index (Phi) is 6.88. The zero-order valence-electron chi connectivity index (χ0n) is 9.80. The third-order valence-corrected chi connectivity index (χ3v) is 2.08. The van der Waals surface area contributed by atoms with E-state index in [1.54, 1.807) is 6.08 Å². The Morgan fingerprint density at radius 1 is 1.56 bits per heavy atom. The Bertz CT molecular complexity index is 240. The lowest BCUT2D eigenvalue weighted by molar-refractivity contribution is -0.0593. The molecule has 1 unspecified atom stereocenters. The molecule has 0 saturated heterocycles. The minimum Gasteiger partial charge on any atom is -0.486 e. The van der Waals surface area contributed by atoms with E-state index < -0.39 is 12.5 Å². The summed E-state index contributed by atoms with van der Waals surface area (Å²) in [5, 5.41) is 7.02. The number of rotatable bonds is 8. The molecule has 0 saturated carbocycles. The summed E-state index contributed by atoms with van der Waals surface area (Å²) in [4.78, 5) is 0. The van der Waals surface area contributed by atoms with Crippen molar-refractivity contribution >= 4 is 6.21 Å². The number of hydrogen-bond acceptors (Lipinski definition) is 3. The fraction of sp³-hybridized carbons (Fsp3) is 0.727. The molecule has 94 valence electrons. The Morgan fingerprint density at radius 3 is 2.62 bits per heavy atom. The largest absolute Gasteiger partial charge is 0.486 e. The molecule has 0 aliphatic rings. The van der Waals surface area contributed by atoms with Gasteiger partial charge < -0.3 is 15.9 Å². The Hall–Kier alpha value is -0.970. The van der Waals surface area contributed by atoms with E-state index in [0.717, 1.165) is 12.6 Å². The standard InChI is InChI=1S/C11H20F2N2O/c1-3-11(12,13)8-16-10(7-14)6-4-5-9(2)15/h6-7,9,14H,3-5,8,15H2,1-2H3/b10-6+,14-7?. The van der Waals surface area contributed by atoms with Crippen LogP contribution in [0, 0.1) is 5.41 Å². The van der Waals surface area contributed by atoms with Gasteiger partial charge in [-0.05, 0) is 25.8 Å². The summed E-state index contributed by atoms with van der Waals surface area (Å²) in [5.74, 6) is -2.66. The molecule has 16 heavy (non-hydrogen) atoms. The fourth-order valence-corrected chi connectivity index (χ4v) is 0.939. The molecular formula is C11H20F2N2O. The van der Waals surface area contributed by atoms with E-state index in [-0.39, 0.29) is 18.2 Å². The number of ether oxygens (including phenoxy) is 1. The van der Waals surface area contributed by atoms with E-state index in [2.05, 4.69) is 0 Å². The average Bonchev–Trinajstić information content (AvgIpc) is 2.22. The minimum atomic E-state index is -2.83. The van der Waals surface area contributed by atoms with E-state index in [9.17, 15) is 8.78 Å². The molecule has 0 amide bonds. The van der Waals surface area contributed by atoms with Crippen LogP contribution < -0.4 is 5.73 Å². The van der Waals surface area contributed by atoms with Gasteiger partial charge in [0.2, 0.25) is 0 Å². The second-order valence-electron chi connectivity index (χ2n) is 3.80. The van der Waals surface area contributed by atoms with Gasteiger partial charge in [0.1, 0.15) is 5.76 Å². The van der Waals surface area contributed by atoms with Crippen LogP contribution in [-0.2, 0) is 4.74 Å². The van der Waals surface area contributed by atoms with Gasteiger partial charge in [-0.1, -0.05) is 6.92 Å². The quantitative estimate of drug-likeness (QED) is 0.501. The topological polar surface area (TPSA) is 59.1 Å². The molecule has 0 aromatic rings. The van der Waals surface area contributed by atoms with Crippen molar-refractivity contribution in [3.8, 4) is 0 Å². The van der Waals surface area contributed by atoms with Crippen LogP contribution >= 0.6 is 0 Å². The SMILES string of the molecule is CCC(F)(F)CO/C(C=N)=C/CCC(C)N. The highest BCUT2D eigenvalue weighted by Gasteiger charge is 2.27. The van der Waals surface area contributed by atoms with Gasteiger partial charge in [-0.15, -0.1) is 0 Å². The van der Waals surface area contributed by atoms with E-state index in [1.165, 1.54) is 6.92 Å². The van der Waals surface area contributed by atoms with Gasteiger partial charge in [0.25, 0.3) is 5.92 Å². The summed E-state index contributed by atoms with van der Waals surface area (Å²) in [7, 11) is 0. The van der Waals surface area contributed by atoms with Crippen LogP contribution in [0.25, 0.3) is 0 Å². The van der Waals surface area contributed by atoms with Crippen LogP contribution in [0.15, 0.2) is 11.8 Å². The lowest BCUT2D eigenvalue weighted by Gasteiger charge is -2.15. The molecule has 0 heterocycles. The summed E-state index contributed by atoms with van der Waals surface area (Å²) in [6.45, 7) is 2.58. The van der Waals surface area contributed by atoms with Gasteiger partial charge in [-0.3, -0.25) is 0 Å². The molecule has 3 N–H and O–H groups in total.